The van der Waals surface area contributed by atoms with Crippen LogP contribution >= 0.6 is 0 Å². The van der Waals surface area contributed by atoms with Crippen molar-refractivity contribution in [3.05, 3.63) is 0 Å². The fourth-order valence-corrected chi connectivity index (χ4v) is 1.79. The van der Waals surface area contributed by atoms with Gasteiger partial charge in [0, 0.05) is 12.6 Å². The molecular weight excluding hydrogens is 124 g/mol. The molecule has 2 aliphatic rings. The molecule has 0 aromatic carbocycles. The third-order valence-electron chi connectivity index (χ3n) is 2.73. The van der Waals surface area contributed by atoms with Gasteiger partial charge in [-0.15, -0.1) is 0 Å². The van der Waals surface area contributed by atoms with Crippen LogP contribution in [-0.4, -0.2) is 19.1 Å². The fourth-order valence-electron chi connectivity index (χ4n) is 1.79. The van der Waals surface area contributed by atoms with Gasteiger partial charge in [-0.3, -0.25) is 0 Å². The molecule has 2 fully saturated rings. The summed E-state index contributed by atoms with van der Waals surface area (Å²) < 4.78 is 0. The van der Waals surface area contributed by atoms with Gasteiger partial charge in [-0.25, -0.2) is 0 Å². The van der Waals surface area contributed by atoms with Crippen LogP contribution in [0, 0.1) is 11.8 Å². The molecule has 2 heteroatoms. The van der Waals surface area contributed by atoms with Crippen LogP contribution in [-0.2, 0) is 0 Å². The first kappa shape index (κ1) is 6.62. The van der Waals surface area contributed by atoms with Crippen molar-refractivity contribution >= 4 is 0 Å². The van der Waals surface area contributed by atoms with Crippen molar-refractivity contribution < 1.29 is 0 Å². The molecular formula is C8H16N2. The third kappa shape index (κ3) is 1.32. The number of nitrogens with two attached hydrogens (primary N) is 1. The maximum Gasteiger partial charge on any atom is 0.0206 e. The highest BCUT2D eigenvalue weighted by Gasteiger charge is 2.30. The van der Waals surface area contributed by atoms with Gasteiger partial charge in [0.2, 0.25) is 0 Å². The second-order valence-electron chi connectivity index (χ2n) is 3.76. The van der Waals surface area contributed by atoms with Gasteiger partial charge in [-0.1, -0.05) is 12.8 Å². The largest absolute Gasteiger partial charge is 0.326 e. The Morgan fingerprint density at radius 2 is 2.10 bits per heavy atom. The lowest BCUT2D eigenvalue weighted by molar-refractivity contribution is 0.449. The van der Waals surface area contributed by atoms with Crippen LogP contribution in [0.4, 0.5) is 0 Å². The molecule has 0 aromatic heterocycles. The van der Waals surface area contributed by atoms with Crippen LogP contribution in [0.1, 0.15) is 19.3 Å². The summed E-state index contributed by atoms with van der Waals surface area (Å²) >= 11 is 0. The Morgan fingerprint density at radius 3 is 2.60 bits per heavy atom. The van der Waals surface area contributed by atoms with Crippen molar-refractivity contribution in [3.8, 4) is 0 Å². The highest BCUT2D eigenvalue weighted by Crippen LogP contribution is 2.36. The summed E-state index contributed by atoms with van der Waals surface area (Å²) in [5.74, 6) is 1.82. The lowest BCUT2D eigenvalue weighted by Gasteiger charge is -2.12. The van der Waals surface area contributed by atoms with E-state index in [2.05, 4.69) is 5.32 Å². The molecule has 1 saturated carbocycles. The topological polar surface area (TPSA) is 38.0 Å². The van der Waals surface area contributed by atoms with E-state index in [1.807, 2.05) is 0 Å². The van der Waals surface area contributed by atoms with Gasteiger partial charge in [-0.05, 0) is 24.8 Å². The van der Waals surface area contributed by atoms with Crippen molar-refractivity contribution in [2.75, 3.05) is 13.1 Å². The quantitative estimate of drug-likeness (QED) is 0.580. The lowest BCUT2D eigenvalue weighted by atomic mass is 9.98. The van der Waals surface area contributed by atoms with E-state index in [9.17, 15) is 0 Å². The molecule has 2 nitrogen and oxygen atoms in total. The summed E-state index contributed by atoms with van der Waals surface area (Å²) in [5.41, 5.74) is 5.89. The summed E-state index contributed by atoms with van der Waals surface area (Å²) in [6, 6.07) is 0.445. The molecule has 1 saturated heterocycles. The molecule has 3 N–H and O–H groups in total. The Bertz CT molecular complexity index is 120. The Morgan fingerprint density at radius 1 is 1.30 bits per heavy atom. The van der Waals surface area contributed by atoms with E-state index in [-0.39, 0.29) is 0 Å². The highest BCUT2D eigenvalue weighted by atomic mass is 15.0. The summed E-state index contributed by atoms with van der Waals surface area (Å²) in [6.07, 6.45) is 4.31. The monoisotopic (exact) mass is 140 g/mol. The summed E-state index contributed by atoms with van der Waals surface area (Å²) in [4.78, 5) is 0. The van der Waals surface area contributed by atoms with E-state index in [0.717, 1.165) is 24.9 Å². The first-order valence-electron chi connectivity index (χ1n) is 4.32. The molecule has 0 spiro atoms. The minimum Gasteiger partial charge on any atom is -0.326 e. The van der Waals surface area contributed by atoms with Crippen LogP contribution in [0.15, 0.2) is 0 Å². The molecule has 0 amide bonds. The summed E-state index contributed by atoms with van der Waals surface area (Å²) in [7, 11) is 0. The molecule has 1 aliphatic carbocycles. The van der Waals surface area contributed by atoms with Gasteiger partial charge in [0.25, 0.3) is 0 Å². The Balaban J connectivity index is 1.79. The second kappa shape index (κ2) is 2.51. The Hall–Kier alpha value is -0.0800. The van der Waals surface area contributed by atoms with Gasteiger partial charge >= 0.3 is 0 Å². The normalized spacial score (nSPS) is 40.5. The zero-order valence-electron chi connectivity index (χ0n) is 6.34. The molecule has 2 atom stereocenters. The average Bonchev–Trinajstić information content (AvgIpc) is 2.62. The van der Waals surface area contributed by atoms with Crippen LogP contribution in [0.2, 0.25) is 0 Å². The first-order valence-corrected chi connectivity index (χ1v) is 4.32. The van der Waals surface area contributed by atoms with Gasteiger partial charge in [0.05, 0.1) is 0 Å². The van der Waals surface area contributed by atoms with Gasteiger partial charge in [0.15, 0.2) is 0 Å². The number of rotatable bonds is 2. The highest BCUT2D eigenvalue weighted by molar-refractivity contribution is 4.88. The average molecular weight is 140 g/mol. The molecule has 1 heterocycles. The van der Waals surface area contributed by atoms with E-state index >= 15 is 0 Å². The molecule has 0 aromatic rings. The maximum absolute atomic E-state index is 5.89. The van der Waals surface area contributed by atoms with Gasteiger partial charge in [-0.2, -0.15) is 0 Å². The molecule has 2 rings (SSSR count). The predicted octanol–water partition coefficient (Wildman–Crippen LogP) is 0.333. The first-order chi connectivity index (χ1) is 4.86. The van der Waals surface area contributed by atoms with E-state index in [1.54, 1.807) is 0 Å². The zero-order chi connectivity index (χ0) is 6.97. The maximum atomic E-state index is 5.89. The minimum atomic E-state index is 0.445. The van der Waals surface area contributed by atoms with E-state index < -0.39 is 0 Å². The van der Waals surface area contributed by atoms with Crippen LogP contribution in [0.3, 0.4) is 0 Å². The van der Waals surface area contributed by atoms with E-state index in [1.165, 1.54) is 19.3 Å². The second-order valence-corrected chi connectivity index (χ2v) is 3.76. The molecule has 0 bridgehead atoms. The molecule has 0 radical (unpaired) electrons. The van der Waals surface area contributed by atoms with Crippen molar-refractivity contribution in [3.63, 3.8) is 0 Å². The van der Waals surface area contributed by atoms with Crippen molar-refractivity contribution in [1.29, 1.82) is 0 Å². The van der Waals surface area contributed by atoms with Crippen molar-refractivity contribution in [1.82, 2.24) is 5.32 Å². The van der Waals surface area contributed by atoms with Crippen molar-refractivity contribution in [2.24, 2.45) is 17.6 Å². The number of hydrogen-bond acceptors (Lipinski definition) is 2. The SMILES string of the molecule is N[C@@H]1CNC[C@H]1CC1CC1. The summed E-state index contributed by atoms with van der Waals surface area (Å²) in [5, 5.41) is 3.33. The fraction of sp³-hybridized carbons (Fsp3) is 1.00. The molecule has 10 heavy (non-hydrogen) atoms. The predicted molar refractivity (Wildman–Crippen MR) is 41.7 cm³/mol. The molecule has 1 aliphatic heterocycles. The Kier molecular flexibility index (Phi) is 1.66. The van der Waals surface area contributed by atoms with Gasteiger partial charge < -0.3 is 11.1 Å². The number of nitrogens with one attached hydrogen (secondary N) is 1. The molecule has 58 valence electrons. The van der Waals surface area contributed by atoms with Crippen LogP contribution in [0.25, 0.3) is 0 Å². The minimum absolute atomic E-state index is 0.445. The van der Waals surface area contributed by atoms with E-state index in [4.69, 9.17) is 5.73 Å². The molecule has 0 unspecified atom stereocenters. The van der Waals surface area contributed by atoms with E-state index in [0.29, 0.717) is 6.04 Å². The standard InChI is InChI=1S/C8H16N2/c9-8-5-10-4-7(8)3-6-1-2-6/h6-8,10H,1-5,9H2/t7-,8-/m1/s1. The lowest BCUT2D eigenvalue weighted by Crippen LogP contribution is -2.29. The Labute approximate surface area is 62.2 Å². The number of hydrogen-bond donors (Lipinski definition) is 2. The third-order valence-corrected chi connectivity index (χ3v) is 2.73. The summed E-state index contributed by atoms with van der Waals surface area (Å²) in [6.45, 7) is 2.20. The van der Waals surface area contributed by atoms with Crippen LogP contribution in [0.5, 0.6) is 0 Å². The van der Waals surface area contributed by atoms with Crippen LogP contribution < -0.4 is 11.1 Å². The smallest absolute Gasteiger partial charge is 0.0206 e. The van der Waals surface area contributed by atoms with Gasteiger partial charge in [0.1, 0.15) is 0 Å². The van der Waals surface area contributed by atoms with Crippen molar-refractivity contribution in [2.45, 2.75) is 25.3 Å². The zero-order valence-corrected chi connectivity index (χ0v) is 6.34.